The first-order chi connectivity index (χ1) is 5.96. The van der Waals surface area contributed by atoms with Gasteiger partial charge < -0.3 is 5.73 Å². The average Bonchev–Trinajstić information content (AvgIpc) is 2.49. The van der Waals surface area contributed by atoms with Gasteiger partial charge in [0.25, 0.3) is 0 Å². The summed E-state index contributed by atoms with van der Waals surface area (Å²) in [6, 6.07) is 0. The molecular formula is C7H8F3N3. The Morgan fingerprint density at radius 2 is 2.23 bits per heavy atom. The number of aromatic nitrogens is 2. The van der Waals surface area contributed by atoms with Crippen LogP contribution in [0.4, 0.5) is 13.2 Å². The van der Waals surface area contributed by atoms with Crippen LogP contribution < -0.4 is 5.73 Å². The van der Waals surface area contributed by atoms with Crippen LogP contribution in [0.25, 0.3) is 5.57 Å². The van der Waals surface area contributed by atoms with Crippen molar-refractivity contribution in [1.82, 2.24) is 10.2 Å². The molecule has 0 bridgehead atoms. The lowest BCUT2D eigenvalue weighted by Gasteiger charge is -2.07. The molecule has 0 spiro atoms. The fraction of sp³-hybridized carbons (Fsp3) is 0.286. The molecule has 0 aliphatic rings. The topological polar surface area (TPSA) is 54.7 Å². The maximum Gasteiger partial charge on any atom is 0.433 e. The molecule has 1 rings (SSSR count). The molecule has 6 heteroatoms. The number of hydrogen-bond donors (Lipinski definition) is 2. The van der Waals surface area contributed by atoms with Gasteiger partial charge in [-0.15, -0.1) is 0 Å². The van der Waals surface area contributed by atoms with Gasteiger partial charge >= 0.3 is 6.18 Å². The van der Waals surface area contributed by atoms with Gasteiger partial charge in [-0.2, -0.15) is 18.3 Å². The predicted octanol–water partition coefficient (Wildman–Crippen LogP) is 1.40. The van der Waals surface area contributed by atoms with Crippen LogP contribution in [0.15, 0.2) is 12.8 Å². The molecule has 0 saturated carbocycles. The van der Waals surface area contributed by atoms with E-state index in [0.29, 0.717) is 0 Å². The normalized spacial score (nSPS) is 11.7. The van der Waals surface area contributed by atoms with Gasteiger partial charge in [-0.05, 0) is 5.57 Å². The molecule has 0 fully saturated rings. The predicted molar refractivity (Wildman–Crippen MR) is 41.7 cm³/mol. The second-order valence-electron chi connectivity index (χ2n) is 2.46. The van der Waals surface area contributed by atoms with E-state index in [2.05, 4.69) is 11.7 Å². The van der Waals surface area contributed by atoms with Crippen LogP contribution in [-0.2, 0) is 6.18 Å². The molecule has 0 aliphatic carbocycles. The second kappa shape index (κ2) is 3.21. The van der Waals surface area contributed by atoms with E-state index in [9.17, 15) is 13.2 Å². The Bertz CT molecular complexity index is 313. The van der Waals surface area contributed by atoms with E-state index in [0.717, 1.165) is 6.20 Å². The molecule has 13 heavy (non-hydrogen) atoms. The average molecular weight is 191 g/mol. The van der Waals surface area contributed by atoms with E-state index in [-0.39, 0.29) is 17.7 Å². The van der Waals surface area contributed by atoms with E-state index < -0.39 is 11.9 Å². The van der Waals surface area contributed by atoms with Crippen LogP contribution in [0.3, 0.4) is 0 Å². The van der Waals surface area contributed by atoms with Gasteiger partial charge in [0.1, 0.15) is 5.69 Å². The number of nitrogens with two attached hydrogens (primary N) is 1. The quantitative estimate of drug-likeness (QED) is 0.742. The monoisotopic (exact) mass is 191 g/mol. The Morgan fingerprint density at radius 1 is 1.62 bits per heavy atom. The van der Waals surface area contributed by atoms with Gasteiger partial charge in [0, 0.05) is 12.1 Å². The van der Waals surface area contributed by atoms with Crippen molar-refractivity contribution < 1.29 is 13.2 Å². The van der Waals surface area contributed by atoms with Crippen LogP contribution >= 0.6 is 0 Å². The van der Waals surface area contributed by atoms with Crippen molar-refractivity contribution in [3.63, 3.8) is 0 Å². The fourth-order valence-corrected chi connectivity index (χ4v) is 0.880. The smallest absolute Gasteiger partial charge is 0.326 e. The molecule has 1 aromatic heterocycles. The van der Waals surface area contributed by atoms with E-state index in [1.165, 1.54) is 0 Å². The summed E-state index contributed by atoms with van der Waals surface area (Å²) in [5.74, 6) is 0. The van der Waals surface area contributed by atoms with Crippen LogP contribution in [0.5, 0.6) is 0 Å². The number of alkyl halides is 3. The Hall–Kier alpha value is -1.30. The third-order valence-electron chi connectivity index (χ3n) is 1.55. The van der Waals surface area contributed by atoms with Crippen molar-refractivity contribution in [2.24, 2.45) is 5.73 Å². The van der Waals surface area contributed by atoms with Crippen LogP contribution in [-0.4, -0.2) is 16.7 Å². The molecule has 0 atom stereocenters. The highest BCUT2D eigenvalue weighted by Gasteiger charge is 2.35. The number of halogens is 3. The third-order valence-corrected chi connectivity index (χ3v) is 1.55. The SMILES string of the molecule is C=C(CN)c1cn[nH]c1C(F)(F)F. The van der Waals surface area contributed by atoms with E-state index >= 15 is 0 Å². The lowest BCUT2D eigenvalue weighted by atomic mass is 10.1. The number of rotatable bonds is 2. The first kappa shape index (κ1) is 9.79. The molecule has 3 nitrogen and oxygen atoms in total. The second-order valence-corrected chi connectivity index (χ2v) is 2.46. The van der Waals surface area contributed by atoms with Crippen LogP contribution in [0, 0.1) is 0 Å². The van der Waals surface area contributed by atoms with Crippen molar-refractivity contribution in [1.29, 1.82) is 0 Å². The lowest BCUT2D eigenvalue weighted by molar-refractivity contribution is -0.141. The molecule has 0 saturated heterocycles. The van der Waals surface area contributed by atoms with Crippen molar-refractivity contribution in [3.05, 3.63) is 24.0 Å². The van der Waals surface area contributed by atoms with E-state index in [1.54, 1.807) is 0 Å². The van der Waals surface area contributed by atoms with Gasteiger partial charge in [-0.1, -0.05) is 6.58 Å². The molecule has 3 N–H and O–H groups in total. The largest absolute Gasteiger partial charge is 0.433 e. The standard InChI is InChI=1S/C7H8F3N3/c1-4(2-11)5-3-12-13-6(5)7(8,9)10/h3H,1-2,11H2,(H,12,13). The summed E-state index contributed by atoms with van der Waals surface area (Å²) in [4.78, 5) is 0. The Balaban J connectivity index is 3.10. The first-order valence-corrected chi connectivity index (χ1v) is 3.45. The van der Waals surface area contributed by atoms with Crippen LogP contribution in [0.1, 0.15) is 11.3 Å². The third kappa shape index (κ3) is 1.89. The van der Waals surface area contributed by atoms with Gasteiger partial charge in [-0.25, -0.2) is 0 Å². The number of nitrogens with zero attached hydrogens (tertiary/aromatic N) is 1. The van der Waals surface area contributed by atoms with Gasteiger partial charge in [-0.3, -0.25) is 5.10 Å². The number of aromatic amines is 1. The molecule has 0 radical (unpaired) electrons. The van der Waals surface area contributed by atoms with E-state index in [4.69, 9.17) is 5.73 Å². The summed E-state index contributed by atoms with van der Waals surface area (Å²) in [7, 11) is 0. The Labute approximate surface area is 72.4 Å². The minimum Gasteiger partial charge on any atom is -0.326 e. The molecule has 1 aromatic rings. The maximum absolute atomic E-state index is 12.2. The molecule has 0 amide bonds. The fourth-order valence-electron chi connectivity index (χ4n) is 0.880. The zero-order chi connectivity index (χ0) is 10.1. The maximum atomic E-state index is 12.2. The molecule has 0 aromatic carbocycles. The number of hydrogen-bond acceptors (Lipinski definition) is 2. The summed E-state index contributed by atoms with van der Waals surface area (Å²) in [6.07, 6.45) is -3.37. The molecule has 0 unspecified atom stereocenters. The van der Waals surface area contributed by atoms with Gasteiger partial charge in [0.15, 0.2) is 0 Å². The Kier molecular flexibility index (Phi) is 2.42. The molecule has 0 aliphatic heterocycles. The van der Waals surface area contributed by atoms with Crippen molar-refractivity contribution in [2.75, 3.05) is 6.54 Å². The zero-order valence-electron chi connectivity index (χ0n) is 6.65. The summed E-state index contributed by atoms with van der Waals surface area (Å²) >= 11 is 0. The molecule has 1 heterocycles. The summed E-state index contributed by atoms with van der Waals surface area (Å²) in [5, 5.41) is 5.17. The lowest BCUT2D eigenvalue weighted by Crippen LogP contribution is -2.10. The zero-order valence-corrected chi connectivity index (χ0v) is 6.65. The number of nitrogens with one attached hydrogen (secondary N) is 1. The Morgan fingerprint density at radius 3 is 2.69 bits per heavy atom. The highest BCUT2D eigenvalue weighted by atomic mass is 19.4. The summed E-state index contributed by atoms with van der Waals surface area (Å²) in [6.45, 7) is 3.38. The molecular weight excluding hydrogens is 183 g/mol. The highest BCUT2D eigenvalue weighted by molar-refractivity contribution is 5.66. The number of H-pyrrole nitrogens is 1. The highest BCUT2D eigenvalue weighted by Crippen LogP contribution is 2.32. The van der Waals surface area contributed by atoms with Gasteiger partial charge in [0.05, 0.1) is 6.20 Å². The van der Waals surface area contributed by atoms with E-state index in [1.807, 2.05) is 5.10 Å². The van der Waals surface area contributed by atoms with Crippen molar-refractivity contribution in [2.45, 2.75) is 6.18 Å². The minimum atomic E-state index is -4.44. The van der Waals surface area contributed by atoms with Crippen molar-refractivity contribution >= 4 is 5.57 Å². The summed E-state index contributed by atoms with van der Waals surface area (Å²) in [5.41, 5.74) is 4.40. The van der Waals surface area contributed by atoms with Crippen molar-refractivity contribution in [3.8, 4) is 0 Å². The first-order valence-electron chi connectivity index (χ1n) is 3.45. The van der Waals surface area contributed by atoms with Gasteiger partial charge in [0.2, 0.25) is 0 Å². The summed E-state index contributed by atoms with van der Waals surface area (Å²) < 4.78 is 36.7. The minimum absolute atomic E-state index is 0.0252. The van der Waals surface area contributed by atoms with Crippen LogP contribution in [0.2, 0.25) is 0 Å². The molecule has 72 valence electrons.